The molecule has 4 aromatic rings. The summed E-state index contributed by atoms with van der Waals surface area (Å²) >= 11 is 0. The number of benzene rings is 2. The third-order valence-corrected chi connectivity index (χ3v) is 7.10. The summed E-state index contributed by atoms with van der Waals surface area (Å²) in [6.45, 7) is 4.23. The predicted octanol–water partition coefficient (Wildman–Crippen LogP) is 4.13. The summed E-state index contributed by atoms with van der Waals surface area (Å²) in [6.07, 6.45) is 3.63. The molecule has 2 aromatic heterocycles. The molecule has 1 fully saturated rings. The molecule has 6 rings (SSSR count). The molecule has 2 aliphatic heterocycles. The van der Waals surface area contributed by atoms with Gasteiger partial charge in [0.15, 0.2) is 5.65 Å². The average molecular weight is 495 g/mol. The van der Waals surface area contributed by atoms with Gasteiger partial charge in [-0.1, -0.05) is 42.5 Å². The van der Waals surface area contributed by atoms with Gasteiger partial charge in [-0.25, -0.2) is 9.67 Å². The van der Waals surface area contributed by atoms with Gasteiger partial charge in [0.2, 0.25) is 11.6 Å². The van der Waals surface area contributed by atoms with E-state index in [1.54, 1.807) is 36.7 Å². The van der Waals surface area contributed by atoms with Crippen molar-refractivity contribution in [3.63, 3.8) is 0 Å². The van der Waals surface area contributed by atoms with Gasteiger partial charge < -0.3 is 10.2 Å². The van der Waals surface area contributed by atoms with Crippen LogP contribution in [0.3, 0.4) is 0 Å². The fraction of sp³-hybridized carbons (Fsp3) is 0.250. The van der Waals surface area contributed by atoms with Crippen LogP contribution in [0.15, 0.2) is 73.1 Å². The second-order valence-corrected chi connectivity index (χ2v) is 9.71. The van der Waals surface area contributed by atoms with E-state index in [2.05, 4.69) is 15.4 Å². The molecule has 0 radical (unpaired) electrons. The largest absolute Gasteiger partial charge is 0.321 e. The van der Waals surface area contributed by atoms with E-state index in [4.69, 9.17) is 0 Å². The first-order valence-electron chi connectivity index (χ1n) is 12.3. The van der Waals surface area contributed by atoms with Crippen LogP contribution in [0.25, 0.3) is 11.0 Å². The Hall–Kier alpha value is -4.53. The number of carbonyl (C=O) groups excluding carboxylic acids is 3. The van der Waals surface area contributed by atoms with E-state index in [1.165, 1.54) is 9.80 Å². The Kier molecular flexibility index (Phi) is 5.29. The number of hydrogen-bond donors (Lipinski definition) is 1. The van der Waals surface area contributed by atoms with Gasteiger partial charge in [0.1, 0.15) is 0 Å². The number of para-hydroxylation sites is 1. The third-order valence-electron chi connectivity index (χ3n) is 7.10. The standard InChI is InChI=1S/C28H26N6O3/c1-18(2)34-25-20(15-30-34)14-21(16-29-25)31-27(37)28-13-12-24(35)33(28)23-11-7-6-10-22(23)26(36)32(28)17-19-8-4-3-5-9-19/h3-11,14-16,18H,12-13,17H2,1-2H3,(H,31,37)/t28-/m1/s1. The summed E-state index contributed by atoms with van der Waals surface area (Å²) in [5, 5.41) is 8.15. The Balaban J connectivity index is 1.44. The van der Waals surface area contributed by atoms with Crippen molar-refractivity contribution in [2.45, 2.75) is 44.9 Å². The first-order chi connectivity index (χ1) is 17.9. The molecule has 0 saturated carbocycles. The zero-order valence-electron chi connectivity index (χ0n) is 20.6. The Morgan fingerprint density at radius 2 is 1.81 bits per heavy atom. The van der Waals surface area contributed by atoms with Crippen molar-refractivity contribution in [2.75, 3.05) is 10.2 Å². The van der Waals surface area contributed by atoms with E-state index in [0.717, 1.165) is 16.6 Å². The second kappa shape index (κ2) is 8.55. The van der Waals surface area contributed by atoms with Gasteiger partial charge in [-0.15, -0.1) is 0 Å². The molecule has 4 heterocycles. The van der Waals surface area contributed by atoms with Crippen molar-refractivity contribution in [2.24, 2.45) is 0 Å². The zero-order chi connectivity index (χ0) is 25.7. The lowest BCUT2D eigenvalue weighted by Crippen LogP contribution is -2.69. The zero-order valence-corrected chi connectivity index (χ0v) is 20.6. The van der Waals surface area contributed by atoms with Crippen LogP contribution in [-0.2, 0) is 16.1 Å². The minimum absolute atomic E-state index is 0.141. The van der Waals surface area contributed by atoms with Crippen LogP contribution < -0.4 is 10.2 Å². The number of amides is 3. The lowest BCUT2D eigenvalue weighted by Gasteiger charge is -2.49. The quantitative estimate of drug-likeness (QED) is 0.450. The summed E-state index contributed by atoms with van der Waals surface area (Å²) in [6, 6.07) is 18.4. The molecule has 9 nitrogen and oxygen atoms in total. The van der Waals surface area contributed by atoms with Gasteiger partial charge >= 0.3 is 0 Å². The maximum absolute atomic E-state index is 14.2. The number of anilines is 2. The van der Waals surface area contributed by atoms with Crippen molar-refractivity contribution >= 4 is 40.1 Å². The van der Waals surface area contributed by atoms with Gasteiger partial charge in [0.25, 0.3) is 11.8 Å². The molecule has 186 valence electrons. The van der Waals surface area contributed by atoms with E-state index < -0.39 is 11.6 Å². The highest BCUT2D eigenvalue weighted by molar-refractivity contribution is 6.18. The molecule has 0 unspecified atom stereocenters. The lowest BCUT2D eigenvalue weighted by molar-refractivity contribution is -0.129. The minimum atomic E-state index is -1.50. The topological polar surface area (TPSA) is 100 Å². The first-order valence-corrected chi connectivity index (χ1v) is 12.3. The molecule has 0 spiro atoms. The second-order valence-electron chi connectivity index (χ2n) is 9.71. The fourth-order valence-corrected chi connectivity index (χ4v) is 5.39. The van der Waals surface area contributed by atoms with E-state index in [9.17, 15) is 14.4 Å². The van der Waals surface area contributed by atoms with Crippen LogP contribution in [-0.4, -0.2) is 43.0 Å². The number of hydrogen-bond acceptors (Lipinski definition) is 5. The highest BCUT2D eigenvalue weighted by atomic mass is 16.2. The van der Waals surface area contributed by atoms with Gasteiger partial charge in [-0.2, -0.15) is 5.10 Å². The first kappa shape index (κ1) is 22.9. The van der Waals surface area contributed by atoms with Crippen LogP contribution in [0.5, 0.6) is 0 Å². The molecule has 2 aromatic carbocycles. The normalized spacial score (nSPS) is 18.9. The lowest BCUT2D eigenvalue weighted by atomic mass is 9.94. The summed E-state index contributed by atoms with van der Waals surface area (Å²) in [4.78, 5) is 48.9. The van der Waals surface area contributed by atoms with Crippen molar-refractivity contribution < 1.29 is 14.4 Å². The number of carbonyl (C=O) groups is 3. The van der Waals surface area contributed by atoms with Crippen LogP contribution >= 0.6 is 0 Å². The summed E-state index contributed by atoms with van der Waals surface area (Å²) in [5.74, 6) is -0.929. The molecule has 0 aliphatic carbocycles. The Morgan fingerprint density at radius 3 is 2.59 bits per heavy atom. The summed E-state index contributed by atoms with van der Waals surface area (Å²) in [5.41, 5.74) is 1.42. The fourth-order valence-electron chi connectivity index (χ4n) is 5.39. The Morgan fingerprint density at radius 1 is 1.05 bits per heavy atom. The maximum atomic E-state index is 14.2. The molecule has 37 heavy (non-hydrogen) atoms. The monoisotopic (exact) mass is 494 g/mol. The molecular weight excluding hydrogens is 468 g/mol. The SMILES string of the molecule is CC(C)n1ncc2cc(NC(=O)[C@@]34CCC(=O)N3c3ccccc3C(=O)N4Cc3ccccc3)cnc21. The molecule has 1 N–H and O–H groups in total. The number of nitrogens with one attached hydrogen (secondary N) is 1. The van der Waals surface area contributed by atoms with E-state index in [0.29, 0.717) is 16.9 Å². The molecule has 1 atom stereocenters. The summed E-state index contributed by atoms with van der Waals surface area (Å²) in [7, 11) is 0. The van der Waals surface area contributed by atoms with Crippen molar-refractivity contribution in [3.8, 4) is 0 Å². The van der Waals surface area contributed by atoms with Gasteiger partial charge in [0, 0.05) is 30.8 Å². The maximum Gasteiger partial charge on any atom is 0.271 e. The van der Waals surface area contributed by atoms with E-state index in [1.807, 2.05) is 54.9 Å². The average Bonchev–Trinajstić information content (AvgIpc) is 3.49. The highest BCUT2D eigenvalue weighted by Crippen LogP contribution is 2.45. The number of nitrogens with zero attached hydrogens (tertiary/aromatic N) is 5. The number of fused-ring (bicyclic) bond motifs is 4. The number of aromatic nitrogens is 3. The van der Waals surface area contributed by atoms with Gasteiger partial charge in [-0.05, 0) is 37.6 Å². The van der Waals surface area contributed by atoms with Gasteiger partial charge in [-0.3, -0.25) is 19.3 Å². The van der Waals surface area contributed by atoms with E-state index >= 15 is 0 Å². The van der Waals surface area contributed by atoms with Crippen molar-refractivity contribution in [1.82, 2.24) is 19.7 Å². The molecule has 3 amide bonds. The molecule has 2 aliphatic rings. The van der Waals surface area contributed by atoms with Crippen LogP contribution in [0.1, 0.15) is 48.7 Å². The number of rotatable bonds is 5. The highest BCUT2D eigenvalue weighted by Gasteiger charge is 2.60. The smallest absolute Gasteiger partial charge is 0.271 e. The molecule has 0 bridgehead atoms. The number of pyridine rings is 1. The molecular formula is C28H26N6O3. The van der Waals surface area contributed by atoms with Crippen molar-refractivity contribution in [3.05, 3.63) is 84.2 Å². The molecule has 9 heteroatoms. The predicted molar refractivity (Wildman–Crippen MR) is 139 cm³/mol. The van der Waals surface area contributed by atoms with Crippen LogP contribution in [0.4, 0.5) is 11.4 Å². The van der Waals surface area contributed by atoms with Gasteiger partial charge in [0.05, 0.1) is 29.3 Å². The van der Waals surface area contributed by atoms with Crippen LogP contribution in [0, 0.1) is 0 Å². The van der Waals surface area contributed by atoms with Crippen LogP contribution in [0.2, 0.25) is 0 Å². The summed E-state index contributed by atoms with van der Waals surface area (Å²) < 4.78 is 1.81. The third kappa shape index (κ3) is 3.49. The minimum Gasteiger partial charge on any atom is -0.321 e. The molecule has 1 saturated heterocycles. The van der Waals surface area contributed by atoms with Crippen molar-refractivity contribution in [1.29, 1.82) is 0 Å². The Bertz CT molecular complexity index is 1550. The van der Waals surface area contributed by atoms with E-state index in [-0.39, 0.29) is 37.2 Å². The Labute approximate surface area is 213 Å².